The van der Waals surface area contributed by atoms with Crippen LogP contribution < -0.4 is 5.56 Å². The predicted octanol–water partition coefficient (Wildman–Crippen LogP) is 4.92. The van der Waals surface area contributed by atoms with E-state index in [1.807, 2.05) is 38.1 Å². The maximum atomic E-state index is 14.0. The Balaban J connectivity index is 1.51. The van der Waals surface area contributed by atoms with Crippen molar-refractivity contribution < 1.29 is 4.84 Å². The maximum Gasteiger partial charge on any atom is 0.261 e. The number of hydrogen-bond acceptors (Lipinski definition) is 7. The number of tetrazole rings is 1. The highest BCUT2D eigenvalue weighted by Crippen LogP contribution is 2.30. The van der Waals surface area contributed by atoms with E-state index < -0.39 is 0 Å². The zero-order valence-electron chi connectivity index (χ0n) is 22.6. The Morgan fingerprint density at radius 2 is 1.85 bits per heavy atom. The first-order chi connectivity index (χ1) is 19.1. The molecule has 0 unspecified atom stereocenters. The van der Waals surface area contributed by atoms with Crippen LogP contribution >= 0.6 is 0 Å². The minimum atomic E-state index is -0.0490. The fraction of sp³-hybridized carbons (Fsp3) is 0.300. The van der Waals surface area contributed by atoms with Crippen LogP contribution in [-0.2, 0) is 17.7 Å². The predicted molar refractivity (Wildman–Crippen MR) is 152 cm³/mol. The van der Waals surface area contributed by atoms with Gasteiger partial charge in [-0.2, -0.15) is 0 Å². The molecule has 0 bridgehead atoms. The quantitative estimate of drug-likeness (QED) is 0.334. The number of aromatic nitrogens is 5. The molecule has 0 fully saturated rings. The molecule has 5 rings (SSSR count). The van der Waals surface area contributed by atoms with E-state index in [1.165, 1.54) is 0 Å². The van der Waals surface area contributed by atoms with Crippen LogP contribution in [0.15, 0.2) is 76.7 Å². The SMILES string of the molecule is CCCCc1cc(C)n(C2=NC=CCN2OCC)c(=O)c1Cc1ccc(-c2ccccc2-c2nnn[nH]2)cc1. The normalized spacial score (nSPS) is 13.1. The highest BCUT2D eigenvalue weighted by Gasteiger charge is 2.22. The standard InChI is InChI=1S/C30H33N7O2/c1-4-6-10-24-19-21(3)37(30-31-17-9-18-36(30)39-5-2)29(38)27(24)20-22-13-15-23(16-14-22)25-11-7-8-12-26(25)28-32-34-35-33-28/h7-9,11-17,19H,4-6,10,18,20H2,1-3H3,(H,32,33,34,35). The molecule has 39 heavy (non-hydrogen) atoms. The zero-order chi connectivity index (χ0) is 27.2. The number of aliphatic imine (C=N–C) groups is 1. The molecule has 0 spiro atoms. The molecular weight excluding hydrogens is 490 g/mol. The van der Waals surface area contributed by atoms with Crippen molar-refractivity contribution in [1.29, 1.82) is 0 Å². The Kier molecular flexibility index (Phi) is 8.07. The van der Waals surface area contributed by atoms with Crippen molar-refractivity contribution in [3.63, 3.8) is 0 Å². The third-order valence-electron chi connectivity index (χ3n) is 6.83. The van der Waals surface area contributed by atoms with Gasteiger partial charge in [-0.3, -0.25) is 9.63 Å². The molecule has 2 aromatic heterocycles. The van der Waals surface area contributed by atoms with Gasteiger partial charge in [0.25, 0.3) is 5.56 Å². The Bertz CT molecular complexity index is 1540. The molecule has 2 aromatic carbocycles. The van der Waals surface area contributed by atoms with Crippen LogP contribution in [0.5, 0.6) is 0 Å². The molecule has 3 heterocycles. The van der Waals surface area contributed by atoms with Crippen molar-refractivity contribution in [3.05, 3.63) is 99.6 Å². The van der Waals surface area contributed by atoms with Gasteiger partial charge in [-0.25, -0.2) is 19.7 Å². The number of nitrogens with zero attached hydrogens (tertiary/aromatic N) is 6. The summed E-state index contributed by atoms with van der Waals surface area (Å²) in [4.78, 5) is 24.3. The summed E-state index contributed by atoms with van der Waals surface area (Å²) in [5.74, 6) is 1.12. The lowest BCUT2D eigenvalue weighted by atomic mass is 9.94. The fourth-order valence-electron chi connectivity index (χ4n) is 4.93. The summed E-state index contributed by atoms with van der Waals surface area (Å²) in [5.41, 5.74) is 6.77. The second-order valence-corrected chi connectivity index (χ2v) is 9.50. The van der Waals surface area contributed by atoms with Crippen LogP contribution in [0.2, 0.25) is 0 Å². The third kappa shape index (κ3) is 5.58. The number of aromatic amines is 1. The molecule has 200 valence electrons. The van der Waals surface area contributed by atoms with Crippen LogP contribution in [-0.4, -0.2) is 49.4 Å². The fourth-order valence-corrected chi connectivity index (χ4v) is 4.93. The van der Waals surface area contributed by atoms with Crippen molar-refractivity contribution >= 4 is 5.96 Å². The smallest absolute Gasteiger partial charge is 0.261 e. The Morgan fingerprint density at radius 1 is 1.05 bits per heavy atom. The number of hydroxylamine groups is 2. The molecule has 0 atom stereocenters. The number of unbranched alkanes of at least 4 members (excludes halogenated alkanes) is 1. The number of nitrogens with one attached hydrogen (secondary N) is 1. The molecule has 0 saturated carbocycles. The van der Waals surface area contributed by atoms with E-state index in [9.17, 15) is 4.79 Å². The van der Waals surface area contributed by atoms with Gasteiger partial charge in [-0.1, -0.05) is 61.9 Å². The summed E-state index contributed by atoms with van der Waals surface area (Å²) in [6, 6.07) is 18.5. The van der Waals surface area contributed by atoms with Crippen molar-refractivity contribution in [2.75, 3.05) is 13.2 Å². The highest BCUT2D eigenvalue weighted by molar-refractivity contribution is 5.84. The number of H-pyrrole nitrogens is 1. The van der Waals surface area contributed by atoms with Crippen LogP contribution in [0, 0.1) is 6.92 Å². The van der Waals surface area contributed by atoms with E-state index in [0.717, 1.165) is 58.3 Å². The Morgan fingerprint density at radius 3 is 2.56 bits per heavy atom. The first-order valence-corrected chi connectivity index (χ1v) is 13.4. The third-order valence-corrected chi connectivity index (χ3v) is 6.83. The van der Waals surface area contributed by atoms with Gasteiger partial charge in [-0.05, 0) is 71.5 Å². The number of rotatable bonds is 9. The summed E-state index contributed by atoms with van der Waals surface area (Å²) in [6.07, 6.45) is 7.12. The molecule has 1 aliphatic rings. The van der Waals surface area contributed by atoms with Gasteiger partial charge in [0.1, 0.15) is 0 Å². The molecule has 9 nitrogen and oxygen atoms in total. The summed E-state index contributed by atoms with van der Waals surface area (Å²) in [7, 11) is 0. The lowest BCUT2D eigenvalue weighted by molar-refractivity contribution is -0.0889. The number of hydrogen-bond donors (Lipinski definition) is 1. The molecular formula is C30H33N7O2. The summed E-state index contributed by atoms with van der Waals surface area (Å²) < 4.78 is 1.68. The Labute approximate surface area is 227 Å². The minimum Gasteiger partial charge on any atom is -0.271 e. The van der Waals surface area contributed by atoms with E-state index in [0.29, 0.717) is 31.4 Å². The lowest BCUT2D eigenvalue weighted by Gasteiger charge is -2.27. The van der Waals surface area contributed by atoms with Crippen LogP contribution in [0.1, 0.15) is 49.1 Å². The van der Waals surface area contributed by atoms with Gasteiger partial charge in [-0.15, -0.1) is 5.10 Å². The number of pyridine rings is 1. The number of aryl methyl sites for hydroxylation is 2. The van der Waals surface area contributed by atoms with Gasteiger partial charge < -0.3 is 0 Å². The molecule has 0 amide bonds. The lowest BCUT2D eigenvalue weighted by Crippen LogP contribution is -2.44. The van der Waals surface area contributed by atoms with Gasteiger partial charge in [0.15, 0.2) is 5.82 Å². The van der Waals surface area contributed by atoms with E-state index in [1.54, 1.807) is 15.8 Å². The second-order valence-electron chi connectivity index (χ2n) is 9.50. The van der Waals surface area contributed by atoms with Crippen molar-refractivity contribution in [2.45, 2.75) is 46.5 Å². The van der Waals surface area contributed by atoms with Gasteiger partial charge in [0.2, 0.25) is 5.96 Å². The Hall–Kier alpha value is -4.37. The van der Waals surface area contributed by atoms with Crippen LogP contribution in [0.4, 0.5) is 0 Å². The summed E-state index contributed by atoms with van der Waals surface area (Å²) in [5, 5.41) is 16.0. The van der Waals surface area contributed by atoms with Crippen molar-refractivity contribution in [1.82, 2.24) is 30.3 Å². The molecule has 0 aliphatic carbocycles. The van der Waals surface area contributed by atoms with Crippen LogP contribution in [0.3, 0.4) is 0 Å². The average Bonchev–Trinajstić information content (AvgIpc) is 3.50. The first-order valence-electron chi connectivity index (χ1n) is 13.4. The van der Waals surface area contributed by atoms with E-state index in [2.05, 4.69) is 68.9 Å². The molecule has 0 radical (unpaired) electrons. The van der Waals surface area contributed by atoms with E-state index in [-0.39, 0.29) is 5.56 Å². The number of benzene rings is 2. The largest absolute Gasteiger partial charge is 0.271 e. The zero-order valence-corrected chi connectivity index (χ0v) is 22.6. The molecule has 0 saturated heterocycles. The van der Waals surface area contributed by atoms with Crippen molar-refractivity contribution in [2.24, 2.45) is 4.99 Å². The monoisotopic (exact) mass is 523 g/mol. The summed E-state index contributed by atoms with van der Waals surface area (Å²) in [6.45, 7) is 7.09. The minimum absolute atomic E-state index is 0.0490. The highest BCUT2D eigenvalue weighted by atomic mass is 16.7. The van der Waals surface area contributed by atoms with Gasteiger partial charge in [0, 0.05) is 29.4 Å². The molecule has 4 aromatic rings. The summed E-state index contributed by atoms with van der Waals surface area (Å²) >= 11 is 0. The second kappa shape index (κ2) is 12.0. The maximum absolute atomic E-state index is 14.0. The van der Waals surface area contributed by atoms with Gasteiger partial charge in [0.05, 0.1) is 13.2 Å². The van der Waals surface area contributed by atoms with Crippen LogP contribution in [0.25, 0.3) is 22.5 Å². The van der Waals surface area contributed by atoms with Crippen molar-refractivity contribution in [3.8, 4) is 22.5 Å². The first kappa shape index (κ1) is 26.2. The molecule has 1 aliphatic heterocycles. The average molecular weight is 524 g/mol. The molecule has 1 N–H and O–H groups in total. The topological polar surface area (TPSA) is 101 Å². The van der Waals surface area contributed by atoms with Gasteiger partial charge >= 0.3 is 0 Å². The van der Waals surface area contributed by atoms with E-state index >= 15 is 0 Å². The van der Waals surface area contributed by atoms with E-state index in [4.69, 9.17) is 4.84 Å². The molecule has 9 heteroatoms.